The number of nitrogens with zero attached hydrogens (tertiary/aromatic N) is 1. The zero-order valence-electron chi connectivity index (χ0n) is 11.9. The minimum absolute atomic E-state index is 0. The number of hydrogen-bond acceptors (Lipinski definition) is 2. The zero-order chi connectivity index (χ0) is 13.3. The van der Waals surface area contributed by atoms with Gasteiger partial charge in [0.1, 0.15) is 0 Å². The number of halogens is 2. The normalized spacial score (nSPS) is 22.9. The molecule has 0 saturated carbocycles. The summed E-state index contributed by atoms with van der Waals surface area (Å²) in [5, 5.41) is 0.847. The Balaban J connectivity index is 0.00000180. The third kappa shape index (κ3) is 4.09. The van der Waals surface area contributed by atoms with Crippen molar-refractivity contribution in [3.8, 4) is 0 Å². The molecule has 1 atom stereocenters. The van der Waals surface area contributed by atoms with Gasteiger partial charge in [0, 0.05) is 30.7 Å². The highest BCUT2D eigenvalue weighted by Crippen LogP contribution is 2.29. The standard InChI is InChI=1S/C15H23ClN2.ClH/c1-11-8-12(4-5-13(11)16)9-18-7-6-14(17)15(2,3)10-18;/h4-5,8,14H,6-7,9-10,17H2,1-3H3;1H. The van der Waals surface area contributed by atoms with Crippen LogP contribution in [0.1, 0.15) is 31.4 Å². The van der Waals surface area contributed by atoms with Gasteiger partial charge in [-0.25, -0.2) is 0 Å². The average molecular weight is 303 g/mol. The first kappa shape index (κ1) is 16.8. The smallest absolute Gasteiger partial charge is 0.0435 e. The number of piperidine rings is 1. The second-order valence-electron chi connectivity index (χ2n) is 6.18. The molecule has 2 rings (SSSR count). The largest absolute Gasteiger partial charge is 0.327 e. The Hall–Kier alpha value is -0.280. The summed E-state index contributed by atoms with van der Waals surface area (Å²) >= 11 is 6.06. The second kappa shape index (κ2) is 6.45. The molecule has 2 nitrogen and oxygen atoms in total. The minimum atomic E-state index is 0. The van der Waals surface area contributed by atoms with E-state index in [-0.39, 0.29) is 17.8 Å². The van der Waals surface area contributed by atoms with E-state index in [0.29, 0.717) is 6.04 Å². The third-order valence-corrected chi connectivity index (χ3v) is 4.44. The van der Waals surface area contributed by atoms with Crippen molar-refractivity contribution in [1.29, 1.82) is 0 Å². The lowest BCUT2D eigenvalue weighted by atomic mass is 9.79. The van der Waals surface area contributed by atoms with Gasteiger partial charge < -0.3 is 5.73 Å². The van der Waals surface area contributed by atoms with Gasteiger partial charge in [-0.3, -0.25) is 4.90 Å². The molecule has 1 aromatic rings. The van der Waals surface area contributed by atoms with Gasteiger partial charge in [0.15, 0.2) is 0 Å². The molecule has 1 unspecified atom stereocenters. The second-order valence-corrected chi connectivity index (χ2v) is 6.59. The molecule has 0 bridgehead atoms. The number of nitrogens with two attached hydrogens (primary N) is 1. The molecule has 108 valence electrons. The first-order chi connectivity index (χ1) is 8.38. The summed E-state index contributed by atoms with van der Waals surface area (Å²) in [5.41, 5.74) is 8.87. The van der Waals surface area contributed by atoms with E-state index in [2.05, 4.69) is 37.8 Å². The van der Waals surface area contributed by atoms with E-state index in [1.54, 1.807) is 0 Å². The highest BCUT2D eigenvalue weighted by molar-refractivity contribution is 6.31. The molecule has 0 spiro atoms. The van der Waals surface area contributed by atoms with Crippen LogP contribution in [0.25, 0.3) is 0 Å². The van der Waals surface area contributed by atoms with E-state index in [4.69, 9.17) is 17.3 Å². The van der Waals surface area contributed by atoms with Gasteiger partial charge in [-0.05, 0) is 36.0 Å². The van der Waals surface area contributed by atoms with Gasteiger partial charge in [0.25, 0.3) is 0 Å². The van der Waals surface area contributed by atoms with Crippen LogP contribution in [0.3, 0.4) is 0 Å². The van der Waals surface area contributed by atoms with Crippen molar-refractivity contribution in [2.45, 2.75) is 39.8 Å². The predicted octanol–water partition coefficient (Wildman–Crippen LogP) is 3.63. The fourth-order valence-electron chi connectivity index (χ4n) is 2.68. The third-order valence-electron chi connectivity index (χ3n) is 4.02. The highest BCUT2D eigenvalue weighted by Gasteiger charge is 2.33. The summed E-state index contributed by atoms with van der Waals surface area (Å²) in [7, 11) is 0. The summed E-state index contributed by atoms with van der Waals surface area (Å²) in [6.07, 6.45) is 1.08. The van der Waals surface area contributed by atoms with E-state index in [1.807, 2.05) is 6.07 Å². The Morgan fingerprint density at radius 2 is 2.11 bits per heavy atom. The number of likely N-dealkylation sites (tertiary alicyclic amines) is 1. The quantitative estimate of drug-likeness (QED) is 0.904. The Bertz CT molecular complexity index is 432. The molecule has 0 amide bonds. The van der Waals surface area contributed by atoms with Gasteiger partial charge in [-0.2, -0.15) is 0 Å². The van der Waals surface area contributed by atoms with Gasteiger partial charge in [-0.1, -0.05) is 37.6 Å². The zero-order valence-corrected chi connectivity index (χ0v) is 13.5. The lowest BCUT2D eigenvalue weighted by Gasteiger charge is -2.42. The Morgan fingerprint density at radius 1 is 1.42 bits per heavy atom. The summed E-state index contributed by atoms with van der Waals surface area (Å²) < 4.78 is 0. The molecular formula is C15H24Cl2N2. The number of hydrogen-bond donors (Lipinski definition) is 1. The molecule has 0 aliphatic carbocycles. The Labute approximate surface area is 127 Å². The molecule has 1 aliphatic rings. The van der Waals surface area contributed by atoms with Crippen molar-refractivity contribution in [1.82, 2.24) is 4.90 Å². The summed E-state index contributed by atoms with van der Waals surface area (Å²) in [6.45, 7) is 9.73. The van der Waals surface area contributed by atoms with E-state index in [1.165, 1.54) is 5.56 Å². The topological polar surface area (TPSA) is 29.3 Å². The van der Waals surface area contributed by atoms with Crippen LogP contribution in [0.15, 0.2) is 18.2 Å². The summed E-state index contributed by atoms with van der Waals surface area (Å²) in [6, 6.07) is 6.62. The maximum Gasteiger partial charge on any atom is 0.0435 e. The summed E-state index contributed by atoms with van der Waals surface area (Å²) in [5.74, 6) is 0. The van der Waals surface area contributed by atoms with Gasteiger partial charge in [0.2, 0.25) is 0 Å². The van der Waals surface area contributed by atoms with Crippen molar-refractivity contribution in [2.24, 2.45) is 11.1 Å². The lowest BCUT2D eigenvalue weighted by molar-refractivity contribution is 0.0899. The van der Waals surface area contributed by atoms with Crippen molar-refractivity contribution >= 4 is 24.0 Å². The van der Waals surface area contributed by atoms with Crippen LogP contribution >= 0.6 is 24.0 Å². The van der Waals surface area contributed by atoms with E-state index in [0.717, 1.165) is 36.6 Å². The predicted molar refractivity (Wildman–Crippen MR) is 85.1 cm³/mol. The molecular weight excluding hydrogens is 279 g/mol. The van der Waals surface area contributed by atoms with E-state index in [9.17, 15) is 0 Å². The molecule has 1 fully saturated rings. The maximum atomic E-state index is 6.17. The Morgan fingerprint density at radius 3 is 2.68 bits per heavy atom. The SMILES string of the molecule is Cc1cc(CN2CCC(N)C(C)(C)C2)ccc1Cl.Cl. The molecule has 0 radical (unpaired) electrons. The highest BCUT2D eigenvalue weighted by atomic mass is 35.5. The number of benzene rings is 1. The lowest BCUT2D eigenvalue weighted by Crippen LogP contribution is -2.52. The number of aryl methyl sites for hydroxylation is 1. The van der Waals surface area contributed by atoms with Crippen molar-refractivity contribution < 1.29 is 0 Å². The molecule has 1 aliphatic heterocycles. The van der Waals surface area contributed by atoms with Crippen LogP contribution in [0.5, 0.6) is 0 Å². The van der Waals surface area contributed by atoms with Gasteiger partial charge >= 0.3 is 0 Å². The average Bonchev–Trinajstić information content (AvgIpc) is 2.28. The molecule has 19 heavy (non-hydrogen) atoms. The van der Waals surface area contributed by atoms with Crippen molar-refractivity contribution in [3.05, 3.63) is 34.3 Å². The molecule has 2 N–H and O–H groups in total. The minimum Gasteiger partial charge on any atom is -0.327 e. The molecule has 4 heteroatoms. The van der Waals surface area contributed by atoms with Crippen molar-refractivity contribution in [3.63, 3.8) is 0 Å². The van der Waals surface area contributed by atoms with E-state index >= 15 is 0 Å². The Kier molecular flexibility index (Phi) is 5.69. The van der Waals surface area contributed by atoms with Gasteiger partial charge in [0.05, 0.1) is 0 Å². The molecule has 1 aromatic carbocycles. The number of rotatable bonds is 2. The van der Waals surface area contributed by atoms with Crippen LogP contribution in [0, 0.1) is 12.3 Å². The maximum absolute atomic E-state index is 6.17. The molecule has 1 heterocycles. The van der Waals surface area contributed by atoms with Gasteiger partial charge in [-0.15, -0.1) is 12.4 Å². The first-order valence-electron chi connectivity index (χ1n) is 6.61. The molecule has 0 aromatic heterocycles. The molecule has 1 saturated heterocycles. The van der Waals surface area contributed by atoms with Crippen LogP contribution < -0.4 is 5.73 Å². The summed E-state index contributed by atoms with van der Waals surface area (Å²) in [4.78, 5) is 2.49. The van der Waals surface area contributed by atoms with Crippen LogP contribution in [0.4, 0.5) is 0 Å². The van der Waals surface area contributed by atoms with Crippen LogP contribution in [-0.2, 0) is 6.54 Å². The first-order valence-corrected chi connectivity index (χ1v) is 6.99. The monoisotopic (exact) mass is 302 g/mol. The fourth-order valence-corrected chi connectivity index (χ4v) is 2.80. The fraction of sp³-hybridized carbons (Fsp3) is 0.600. The van der Waals surface area contributed by atoms with Crippen LogP contribution in [0.2, 0.25) is 5.02 Å². The van der Waals surface area contributed by atoms with Crippen molar-refractivity contribution in [2.75, 3.05) is 13.1 Å². The van der Waals surface area contributed by atoms with E-state index < -0.39 is 0 Å². The van der Waals surface area contributed by atoms with Crippen LogP contribution in [-0.4, -0.2) is 24.0 Å².